The van der Waals surface area contributed by atoms with E-state index in [1.54, 1.807) is 0 Å². The summed E-state index contributed by atoms with van der Waals surface area (Å²) in [6.07, 6.45) is 0.760. The Morgan fingerprint density at radius 1 is 1.48 bits per heavy atom. The second-order valence-electron chi connectivity index (χ2n) is 5.91. The Bertz CT molecular complexity index is 696. The second-order valence-corrected chi connectivity index (χ2v) is 5.91. The number of H-pyrrole nitrogens is 1. The zero-order valence-electron chi connectivity index (χ0n) is 13.5. The summed E-state index contributed by atoms with van der Waals surface area (Å²) in [5.41, 5.74) is 3.66. The van der Waals surface area contributed by atoms with Crippen molar-refractivity contribution in [2.24, 2.45) is 0 Å². The van der Waals surface area contributed by atoms with Crippen LogP contribution < -0.4 is 15.4 Å². The van der Waals surface area contributed by atoms with Gasteiger partial charge in [-0.2, -0.15) is 5.10 Å². The topological polar surface area (TPSA) is 79.0 Å². The molecule has 2 heterocycles. The van der Waals surface area contributed by atoms with E-state index >= 15 is 0 Å². The van der Waals surface area contributed by atoms with E-state index in [0.717, 1.165) is 35.5 Å². The minimum Gasteiger partial charge on any atom is -0.489 e. The van der Waals surface area contributed by atoms with Gasteiger partial charge in [-0.1, -0.05) is 12.1 Å². The number of aromatic nitrogens is 2. The predicted molar refractivity (Wildman–Crippen MR) is 87.6 cm³/mol. The van der Waals surface area contributed by atoms with Gasteiger partial charge in [-0.15, -0.1) is 0 Å². The van der Waals surface area contributed by atoms with E-state index in [-0.39, 0.29) is 12.0 Å². The fourth-order valence-electron chi connectivity index (χ4n) is 2.70. The van der Waals surface area contributed by atoms with E-state index in [1.807, 2.05) is 38.1 Å². The number of nitrogens with one attached hydrogen (secondary N) is 3. The van der Waals surface area contributed by atoms with Gasteiger partial charge in [0.05, 0.1) is 6.54 Å². The summed E-state index contributed by atoms with van der Waals surface area (Å²) in [5, 5.41) is 13.3. The van der Waals surface area contributed by atoms with Crippen LogP contribution in [-0.2, 0) is 13.0 Å². The van der Waals surface area contributed by atoms with Gasteiger partial charge in [0.1, 0.15) is 11.9 Å². The van der Waals surface area contributed by atoms with Gasteiger partial charge >= 0.3 is 0 Å². The van der Waals surface area contributed by atoms with Gasteiger partial charge in [-0.05, 0) is 31.5 Å². The van der Waals surface area contributed by atoms with E-state index < -0.39 is 0 Å². The summed E-state index contributed by atoms with van der Waals surface area (Å²) in [6, 6.07) is 7.88. The molecule has 1 atom stereocenters. The number of rotatable bonds is 5. The van der Waals surface area contributed by atoms with Crippen molar-refractivity contribution >= 4 is 5.91 Å². The lowest BCUT2D eigenvalue weighted by molar-refractivity contribution is 0.0926. The monoisotopic (exact) mass is 314 g/mol. The van der Waals surface area contributed by atoms with Gasteiger partial charge in [-0.3, -0.25) is 9.89 Å². The van der Waals surface area contributed by atoms with Crippen LogP contribution in [0, 0.1) is 6.92 Å². The third kappa shape index (κ3) is 3.71. The van der Waals surface area contributed by atoms with Crippen LogP contribution in [-0.4, -0.2) is 35.3 Å². The van der Waals surface area contributed by atoms with Gasteiger partial charge in [-0.25, -0.2) is 0 Å². The molecule has 23 heavy (non-hydrogen) atoms. The van der Waals surface area contributed by atoms with E-state index in [9.17, 15) is 4.79 Å². The van der Waals surface area contributed by atoms with Crippen LogP contribution in [0.25, 0.3) is 0 Å². The van der Waals surface area contributed by atoms with E-state index in [1.165, 1.54) is 0 Å². The normalized spacial score (nSPS) is 14.9. The first-order chi connectivity index (χ1) is 11.1. The minimum atomic E-state index is -0.161. The number of nitrogens with zero attached hydrogens (tertiary/aromatic N) is 1. The van der Waals surface area contributed by atoms with Crippen molar-refractivity contribution in [3.05, 3.63) is 46.8 Å². The Morgan fingerprint density at radius 2 is 2.35 bits per heavy atom. The molecule has 0 bridgehead atoms. The van der Waals surface area contributed by atoms with Gasteiger partial charge in [0.15, 0.2) is 5.69 Å². The molecule has 122 valence electrons. The second kappa shape index (κ2) is 6.83. The van der Waals surface area contributed by atoms with Crippen molar-refractivity contribution in [2.45, 2.75) is 32.9 Å². The number of aryl methyl sites for hydroxylation is 1. The molecule has 1 aromatic carbocycles. The van der Waals surface area contributed by atoms with Crippen molar-refractivity contribution in [1.29, 1.82) is 0 Å². The molecule has 1 aliphatic heterocycles. The average Bonchev–Trinajstić information content (AvgIpc) is 2.97. The van der Waals surface area contributed by atoms with Gasteiger partial charge in [0.25, 0.3) is 5.91 Å². The van der Waals surface area contributed by atoms with Crippen molar-refractivity contribution in [2.75, 3.05) is 13.1 Å². The Balaban J connectivity index is 1.55. The maximum Gasteiger partial charge on any atom is 0.272 e. The molecule has 2 aromatic rings. The fourth-order valence-corrected chi connectivity index (χ4v) is 2.70. The number of carbonyl (C=O) groups excluding carboxylic acids is 1. The van der Waals surface area contributed by atoms with Crippen LogP contribution in [0.15, 0.2) is 24.3 Å². The third-order valence-corrected chi connectivity index (χ3v) is 3.90. The molecule has 3 rings (SSSR count). The number of benzene rings is 1. The smallest absolute Gasteiger partial charge is 0.272 e. The maximum atomic E-state index is 12.3. The Hall–Kier alpha value is -2.34. The summed E-state index contributed by atoms with van der Waals surface area (Å²) >= 11 is 0. The van der Waals surface area contributed by atoms with Crippen LogP contribution in [0.5, 0.6) is 5.75 Å². The molecular weight excluding hydrogens is 292 g/mol. The molecule has 1 amide bonds. The highest BCUT2D eigenvalue weighted by Crippen LogP contribution is 2.16. The number of fused-ring (bicyclic) bond motifs is 1. The molecule has 0 aliphatic carbocycles. The number of hydrogen-bond donors (Lipinski definition) is 3. The standard InChI is InChI=1S/C17H22N4O2/c1-11-4-3-5-13(8-11)23-12(2)9-19-17(22)16-14-10-18-7-6-15(14)20-21-16/h3-5,8,12,18H,6-7,9-10H2,1-2H3,(H,19,22)(H,20,21). The number of carbonyl (C=O) groups is 1. The lowest BCUT2D eigenvalue weighted by Gasteiger charge is -2.16. The molecule has 1 aromatic heterocycles. The largest absolute Gasteiger partial charge is 0.489 e. The minimum absolute atomic E-state index is 0.117. The number of aromatic amines is 1. The molecule has 3 N–H and O–H groups in total. The van der Waals surface area contributed by atoms with Gasteiger partial charge < -0.3 is 15.4 Å². The quantitative estimate of drug-likeness (QED) is 0.782. The Morgan fingerprint density at radius 3 is 3.17 bits per heavy atom. The lowest BCUT2D eigenvalue weighted by atomic mass is 10.1. The summed E-state index contributed by atoms with van der Waals surface area (Å²) in [6.45, 7) is 5.99. The lowest BCUT2D eigenvalue weighted by Crippen LogP contribution is -2.35. The Labute approximate surface area is 135 Å². The third-order valence-electron chi connectivity index (χ3n) is 3.90. The summed E-state index contributed by atoms with van der Waals surface area (Å²) < 4.78 is 5.82. The highest BCUT2D eigenvalue weighted by molar-refractivity contribution is 5.94. The van der Waals surface area contributed by atoms with Crippen molar-refractivity contribution in [3.8, 4) is 5.75 Å². The highest BCUT2D eigenvalue weighted by Gasteiger charge is 2.21. The molecule has 0 saturated carbocycles. The molecule has 6 heteroatoms. The van der Waals surface area contributed by atoms with Crippen LogP contribution in [0.1, 0.15) is 34.2 Å². The number of hydrogen-bond acceptors (Lipinski definition) is 4. The average molecular weight is 314 g/mol. The first-order valence-electron chi connectivity index (χ1n) is 7.92. The predicted octanol–water partition coefficient (Wildman–Crippen LogP) is 1.56. The summed E-state index contributed by atoms with van der Waals surface area (Å²) in [7, 11) is 0. The van der Waals surface area contributed by atoms with Crippen molar-refractivity contribution < 1.29 is 9.53 Å². The van der Waals surface area contributed by atoms with E-state index in [0.29, 0.717) is 18.8 Å². The molecule has 0 saturated heterocycles. The van der Waals surface area contributed by atoms with E-state index in [2.05, 4.69) is 20.8 Å². The number of ether oxygens (including phenoxy) is 1. The molecule has 0 radical (unpaired) electrons. The fraction of sp³-hybridized carbons (Fsp3) is 0.412. The zero-order valence-corrected chi connectivity index (χ0v) is 13.5. The van der Waals surface area contributed by atoms with Crippen LogP contribution in [0.2, 0.25) is 0 Å². The molecule has 1 unspecified atom stereocenters. The maximum absolute atomic E-state index is 12.3. The number of amides is 1. The van der Waals surface area contributed by atoms with E-state index in [4.69, 9.17) is 4.74 Å². The molecule has 6 nitrogen and oxygen atoms in total. The van der Waals surface area contributed by atoms with Crippen molar-refractivity contribution in [1.82, 2.24) is 20.8 Å². The Kier molecular flexibility index (Phi) is 4.62. The van der Waals surface area contributed by atoms with Crippen molar-refractivity contribution in [3.63, 3.8) is 0 Å². The molecule has 1 aliphatic rings. The molecule has 0 fully saturated rings. The summed E-state index contributed by atoms with van der Waals surface area (Å²) in [4.78, 5) is 12.3. The first kappa shape index (κ1) is 15.6. The van der Waals surface area contributed by atoms with Crippen LogP contribution in [0.4, 0.5) is 0 Å². The van der Waals surface area contributed by atoms with Gasteiger partial charge in [0.2, 0.25) is 0 Å². The summed E-state index contributed by atoms with van der Waals surface area (Å²) in [5.74, 6) is 0.652. The highest BCUT2D eigenvalue weighted by atomic mass is 16.5. The molecule has 0 spiro atoms. The SMILES string of the molecule is Cc1cccc(OC(C)CNC(=O)c2n[nH]c3c2CNCC3)c1. The van der Waals surface area contributed by atoms with Crippen LogP contribution >= 0.6 is 0 Å². The molecular formula is C17H22N4O2. The first-order valence-corrected chi connectivity index (χ1v) is 7.92. The van der Waals surface area contributed by atoms with Crippen LogP contribution in [0.3, 0.4) is 0 Å². The zero-order chi connectivity index (χ0) is 16.2. The van der Waals surface area contributed by atoms with Gasteiger partial charge in [0, 0.05) is 30.8 Å².